The third-order valence-electron chi connectivity index (χ3n) is 2.56. The Bertz CT molecular complexity index is 402. The molecule has 2 atom stereocenters. The number of phenolic OH excluding ortho intramolecular Hbond substituents is 1. The van der Waals surface area contributed by atoms with E-state index in [0.717, 1.165) is 0 Å². The van der Waals surface area contributed by atoms with Gasteiger partial charge in [0.15, 0.2) is 0 Å². The molecular weight excluding hydrogens is 224 g/mol. The molecule has 94 valence electrons. The molecule has 5 heteroatoms. The molecule has 0 aliphatic heterocycles. The Morgan fingerprint density at radius 2 is 2.06 bits per heavy atom. The molecule has 0 heterocycles. The number of rotatable bonds is 4. The summed E-state index contributed by atoms with van der Waals surface area (Å²) in [5, 5.41) is 29.2. The predicted molar refractivity (Wildman–Crippen MR) is 60.4 cm³/mol. The van der Waals surface area contributed by atoms with Crippen LogP contribution in [0.4, 0.5) is 0 Å². The lowest BCUT2D eigenvalue weighted by Crippen LogP contribution is -2.22. The summed E-state index contributed by atoms with van der Waals surface area (Å²) < 4.78 is 4.39. The summed E-state index contributed by atoms with van der Waals surface area (Å²) in [5.74, 6) is -0.701. The van der Waals surface area contributed by atoms with E-state index in [9.17, 15) is 20.1 Å². The minimum atomic E-state index is -1.33. The average Bonchev–Trinajstić information content (AvgIpc) is 2.31. The third kappa shape index (κ3) is 3.18. The summed E-state index contributed by atoms with van der Waals surface area (Å²) in [7, 11) is 1.20. The van der Waals surface area contributed by atoms with Crippen LogP contribution in [0.5, 0.6) is 5.75 Å². The molecular formula is C12H16O5. The summed E-state index contributed by atoms with van der Waals surface area (Å²) in [4.78, 5) is 11.0. The first-order valence-electron chi connectivity index (χ1n) is 5.18. The molecule has 0 amide bonds. The number of ether oxygens (including phenoxy) is 1. The fourth-order valence-electron chi connectivity index (χ4n) is 1.49. The molecule has 1 rings (SSSR count). The summed E-state index contributed by atoms with van der Waals surface area (Å²) in [6.07, 6.45) is -2.96. The number of carbonyl (C=O) groups excluding carboxylic acids is 1. The third-order valence-corrected chi connectivity index (χ3v) is 2.56. The molecule has 0 spiro atoms. The van der Waals surface area contributed by atoms with Gasteiger partial charge in [0.05, 0.1) is 19.6 Å². The highest BCUT2D eigenvalue weighted by Gasteiger charge is 2.24. The molecule has 0 aliphatic rings. The summed E-state index contributed by atoms with van der Waals surface area (Å²) in [6.45, 7) is 1.68. The molecule has 0 saturated heterocycles. The van der Waals surface area contributed by atoms with Crippen LogP contribution in [0, 0.1) is 6.92 Å². The maximum atomic E-state index is 11.0. The number of hydrogen-bond acceptors (Lipinski definition) is 5. The number of esters is 1. The lowest BCUT2D eigenvalue weighted by molar-refractivity contribution is -0.144. The van der Waals surface area contributed by atoms with Crippen LogP contribution >= 0.6 is 0 Å². The maximum Gasteiger partial charge on any atom is 0.308 e. The van der Waals surface area contributed by atoms with Crippen LogP contribution in [0.1, 0.15) is 23.7 Å². The van der Waals surface area contributed by atoms with E-state index in [1.54, 1.807) is 19.1 Å². The van der Waals surface area contributed by atoms with E-state index in [1.807, 2.05) is 0 Å². The first-order valence-corrected chi connectivity index (χ1v) is 5.18. The van der Waals surface area contributed by atoms with Gasteiger partial charge in [-0.1, -0.05) is 18.2 Å². The van der Waals surface area contributed by atoms with Gasteiger partial charge in [0, 0.05) is 5.56 Å². The van der Waals surface area contributed by atoms with Crippen LogP contribution in [0.3, 0.4) is 0 Å². The van der Waals surface area contributed by atoms with Crippen molar-refractivity contribution in [2.45, 2.75) is 25.6 Å². The number of aromatic hydroxyl groups is 1. The Labute approximate surface area is 99.3 Å². The second-order valence-electron chi connectivity index (χ2n) is 3.81. The molecule has 0 radical (unpaired) electrons. The SMILES string of the molecule is COC(=O)CC(O)C(O)c1cccc(C)c1O. The van der Waals surface area contributed by atoms with Crippen LogP contribution in [-0.2, 0) is 9.53 Å². The zero-order valence-corrected chi connectivity index (χ0v) is 9.75. The Hall–Kier alpha value is -1.59. The lowest BCUT2D eigenvalue weighted by Gasteiger charge is -2.18. The van der Waals surface area contributed by atoms with E-state index >= 15 is 0 Å². The molecule has 2 unspecified atom stereocenters. The Balaban J connectivity index is 2.85. The Kier molecular flexibility index (Phi) is 4.48. The van der Waals surface area contributed by atoms with Gasteiger partial charge in [0.2, 0.25) is 0 Å². The van der Waals surface area contributed by atoms with Crippen molar-refractivity contribution in [1.29, 1.82) is 0 Å². The fraction of sp³-hybridized carbons (Fsp3) is 0.417. The summed E-state index contributed by atoms with van der Waals surface area (Å²) in [5.41, 5.74) is 0.785. The van der Waals surface area contributed by atoms with Crippen LogP contribution in [-0.4, -0.2) is 34.5 Å². The van der Waals surface area contributed by atoms with Gasteiger partial charge < -0.3 is 20.1 Å². The van der Waals surface area contributed by atoms with Crippen molar-refractivity contribution in [3.05, 3.63) is 29.3 Å². The van der Waals surface area contributed by atoms with E-state index in [1.165, 1.54) is 13.2 Å². The molecule has 0 aromatic heterocycles. The largest absolute Gasteiger partial charge is 0.507 e. The van der Waals surface area contributed by atoms with E-state index < -0.39 is 18.2 Å². The molecule has 0 bridgehead atoms. The smallest absolute Gasteiger partial charge is 0.308 e. The van der Waals surface area contributed by atoms with Crippen molar-refractivity contribution in [2.75, 3.05) is 7.11 Å². The highest BCUT2D eigenvalue weighted by Crippen LogP contribution is 2.30. The molecule has 3 N–H and O–H groups in total. The first kappa shape index (κ1) is 13.5. The number of aliphatic hydroxyl groups is 2. The number of aliphatic hydroxyl groups excluding tert-OH is 2. The van der Waals surface area contributed by atoms with E-state index in [-0.39, 0.29) is 17.7 Å². The maximum absolute atomic E-state index is 11.0. The highest BCUT2D eigenvalue weighted by atomic mass is 16.5. The van der Waals surface area contributed by atoms with Crippen LogP contribution in [0.2, 0.25) is 0 Å². The van der Waals surface area contributed by atoms with Gasteiger partial charge in [-0.05, 0) is 12.5 Å². The molecule has 17 heavy (non-hydrogen) atoms. The monoisotopic (exact) mass is 240 g/mol. The molecule has 0 saturated carbocycles. The number of para-hydroxylation sites is 1. The van der Waals surface area contributed by atoms with Gasteiger partial charge in [0.25, 0.3) is 0 Å². The van der Waals surface area contributed by atoms with Gasteiger partial charge in [-0.25, -0.2) is 0 Å². The summed E-state index contributed by atoms with van der Waals surface area (Å²) >= 11 is 0. The highest BCUT2D eigenvalue weighted by molar-refractivity contribution is 5.69. The zero-order chi connectivity index (χ0) is 13.0. The van der Waals surface area contributed by atoms with Gasteiger partial charge in [-0.3, -0.25) is 4.79 Å². The topological polar surface area (TPSA) is 87.0 Å². The van der Waals surface area contributed by atoms with Crippen molar-refractivity contribution >= 4 is 5.97 Å². The number of methoxy groups -OCH3 is 1. The van der Waals surface area contributed by atoms with E-state index in [0.29, 0.717) is 5.56 Å². The van der Waals surface area contributed by atoms with Crippen molar-refractivity contribution in [1.82, 2.24) is 0 Å². The Morgan fingerprint density at radius 3 is 2.65 bits per heavy atom. The van der Waals surface area contributed by atoms with Crippen LogP contribution in [0.15, 0.2) is 18.2 Å². The molecule has 5 nitrogen and oxygen atoms in total. The van der Waals surface area contributed by atoms with Crippen molar-refractivity contribution in [3.63, 3.8) is 0 Å². The second kappa shape index (κ2) is 5.65. The molecule has 0 fully saturated rings. The quantitative estimate of drug-likeness (QED) is 0.673. The van der Waals surface area contributed by atoms with Crippen LogP contribution in [0.25, 0.3) is 0 Å². The predicted octanol–water partition coefficient (Wildman–Crippen LogP) is 0.658. The van der Waals surface area contributed by atoms with Crippen molar-refractivity contribution in [3.8, 4) is 5.75 Å². The molecule has 1 aromatic rings. The van der Waals surface area contributed by atoms with E-state index in [4.69, 9.17) is 0 Å². The zero-order valence-electron chi connectivity index (χ0n) is 9.75. The van der Waals surface area contributed by atoms with Crippen LogP contribution < -0.4 is 0 Å². The molecule has 1 aromatic carbocycles. The van der Waals surface area contributed by atoms with Crippen molar-refractivity contribution in [2.24, 2.45) is 0 Å². The van der Waals surface area contributed by atoms with E-state index in [2.05, 4.69) is 4.74 Å². The van der Waals surface area contributed by atoms with Gasteiger partial charge in [0.1, 0.15) is 11.9 Å². The number of aryl methyl sites for hydroxylation is 1. The number of hydrogen-bond donors (Lipinski definition) is 3. The summed E-state index contributed by atoms with van der Waals surface area (Å²) in [6, 6.07) is 4.82. The standard InChI is InChI=1S/C12H16O5/c1-7-4-3-5-8(11(7)15)12(16)9(13)6-10(14)17-2/h3-5,9,12-13,15-16H,6H2,1-2H3. The minimum Gasteiger partial charge on any atom is -0.507 e. The normalized spacial score (nSPS) is 14.1. The number of benzene rings is 1. The first-order chi connectivity index (χ1) is 7.97. The molecule has 0 aliphatic carbocycles. The number of carbonyl (C=O) groups is 1. The van der Waals surface area contributed by atoms with Gasteiger partial charge >= 0.3 is 5.97 Å². The minimum absolute atomic E-state index is 0.0797. The van der Waals surface area contributed by atoms with Gasteiger partial charge in [-0.15, -0.1) is 0 Å². The Morgan fingerprint density at radius 1 is 1.41 bits per heavy atom. The average molecular weight is 240 g/mol. The second-order valence-corrected chi connectivity index (χ2v) is 3.81. The number of phenols is 1. The van der Waals surface area contributed by atoms with Crippen molar-refractivity contribution < 1.29 is 24.9 Å². The lowest BCUT2D eigenvalue weighted by atomic mass is 9.99. The fourth-order valence-corrected chi connectivity index (χ4v) is 1.49. The van der Waals surface area contributed by atoms with Gasteiger partial charge in [-0.2, -0.15) is 0 Å².